The third-order valence-electron chi connectivity index (χ3n) is 2.84. The minimum Gasteiger partial charge on any atom is -0.456 e. The van der Waals surface area contributed by atoms with Gasteiger partial charge in [-0.15, -0.1) is 0 Å². The Morgan fingerprint density at radius 3 is 2.44 bits per heavy atom. The quantitative estimate of drug-likeness (QED) is 0.702. The standard InChI is InChI=1S/C16H17ClO/c1-11(2)13-7-8-16(15(17)10-13)18-14-6-4-5-12(3)9-14/h4-11H,1-3H3. The molecule has 0 amide bonds. The summed E-state index contributed by atoms with van der Waals surface area (Å²) in [5.74, 6) is 1.98. The third kappa shape index (κ3) is 3.05. The van der Waals surface area contributed by atoms with Crippen molar-refractivity contribution < 1.29 is 4.74 Å². The Morgan fingerprint density at radius 1 is 1.06 bits per heavy atom. The molecule has 2 aromatic carbocycles. The summed E-state index contributed by atoms with van der Waals surface area (Å²) in [6, 6.07) is 13.9. The predicted molar refractivity (Wildman–Crippen MR) is 76.8 cm³/mol. The number of rotatable bonds is 3. The van der Waals surface area contributed by atoms with Crippen molar-refractivity contribution in [2.45, 2.75) is 26.7 Å². The van der Waals surface area contributed by atoms with E-state index in [2.05, 4.69) is 19.9 Å². The van der Waals surface area contributed by atoms with E-state index >= 15 is 0 Å². The number of hydrogen-bond acceptors (Lipinski definition) is 1. The molecule has 18 heavy (non-hydrogen) atoms. The van der Waals surface area contributed by atoms with Gasteiger partial charge in [0.15, 0.2) is 0 Å². The van der Waals surface area contributed by atoms with Crippen molar-refractivity contribution in [1.82, 2.24) is 0 Å². The lowest BCUT2D eigenvalue weighted by atomic mass is 10.0. The van der Waals surface area contributed by atoms with Gasteiger partial charge in [-0.05, 0) is 48.2 Å². The second kappa shape index (κ2) is 5.45. The van der Waals surface area contributed by atoms with E-state index in [4.69, 9.17) is 16.3 Å². The topological polar surface area (TPSA) is 9.23 Å². The fraction of sp³-hybridized carbons (Fsp3) is 0.250. The zero-order chi connectivity index (χ0) is 13.1. The molecule has 0 unspecified atom stereocenters. The van der Waals surface area contributed by atoms with Gasteiger partial charge < -0.3 is 4.74 Å². The van der Waals surface area contributed by atoms with Crippen LogP contribution >= 0.6 is 11.6 Å². The van der Waals surface area contributed by atoms with Crippen LogP contribution in [-0.2, 0) is 0 Å². The van der Waals surface area contributed by atoms with E-state index < -0.39 is 0 Å². The summed E-state index contributed by atoms with van der Waals surface area (Å²) in [5, 5.41) is 0.655. The van der Waals surface area contributed by atoms with Crippen molar-refractivity contribution in [2.24, 2.45) is 0 Å². The normalized spacial score (nSPS) is 10.7. The first-order valence-electron chi connectivity index (χ1n) is 6.10. The van der Waals surface area contributed by atoms with Gasteiger partial charge in [-0.25, -0.2) is 0 Å². The second-order valence-corrected chi connectivity index (χ2v) is 5.17. The van der Waals surface area contributed by atoms with Gasteiger partial charge in [0.2, 0.25) is 0 Å². The Balaban J connectivity index is 2.24. The van der Waals surface area contributed by atoms with E-state index in [-0.39, 0.29) is 0 Å². The molecule has 0 bridgehead atoms. The summed E-state index contributed by atoms with van der Waals surface area (Å²) < 4.78 is 5.79. The second-order valence-electron chi connectivity index (χ2n) is 4.76. The maximum atomic E-state index is 6.24. The summed E-state index contributed by atoms with van der Waals surface area (Å²) in [7, 11) is 0. The molecule has 0 saturated carbocycles. The van der Waals surface area contributed by atoms with Crippen molar-refractivity contribution in [1.29, 1.82) is 0 Å². The number of halogens is 1. The van der Waals surface area contributed by atoms with Gasteiger partial charge in [-0.3, -0.25) is 0 Å². The largest absolute Gasteiger partial charge is 0.456 e. The number of hydrogen-bond donors (Lipinski definition) is 0. The molecule has 2 rings (SSSR count). The van der Waals surface area contributed by atoms with Crippen molar-refractivity contribution in [3.05, 3.63) is 58.6 Å². The van der Waals surface area contributed by atoms with Crippen molar-refractivity contribution in [3.63, 3.8) is 0 Å². The van der Waals surface area contributed by atoms with Crippen LogP contribution in [0.15, 0.2) is 42.5 Å². The highest BCUT2D eigenvalue weighted by Gasteiger charge is 2.06. The summed E-state index contributed by atoms with van der Waals surface area (Å²) in [5.41, 5.74) is 2.39. The van der Waals surface area contributed by atoms with E-state index in [1.165, 1.54) is 11.1 Å². The zero-order valence-electron chi connectivity index (χ0n) is 10.9. The summed E-state index contributed by atoms with van der Waals surface area (Å²) >= 11 is 6.24. The van der Waals surface area contributed by atoms with E-state index in [9.17, 15) is 0 Å². The number of ether oxygens (including phenoxy) is 1. The molecule has 2 aromatic rings. The molecule has 0 aliphatic heterocycles. The number of benzene rings is 2. The van der Waals surface area contributed by atoms with Crippen LogP contribution in [0.4, 0.5) is 0 Å². The Morgan fingerprint density at radius 2 is 1.83 bits per heavy atom. The predicted octanol–water partition coefficient (Wildman–Crippen LogP) is 5.56. The highest BCUT2D eigenvalue weighted by molar-refractivity contribution is 6.32. The first-order valence-corrected chi connectivity index (χ1v) is 6.48. The summed E-state index contributed by atoms with van der Waals surface area (Å²) in [6.45, 7) is 6.33. The van der Waals surface area contributed by atoms with Gasteiger partial charge in [-0.2, -0.15) is 0 Å². The first-order chi connectivity index (χ1) is 8.56. The van der Waals surface area contributed by atoms with E-state index in [0.29, 0.717) is 16.7 Å². The van der Waals surface area contributed by atoms with Crippen LogP contribution in [0.3, 0.4) is 0 Å². The maximum Gasteiger partial charge on any atom is 0.146 e. The van der Waals surface area contributed by atoms with Gasteiger partial charge in [-0.1, -0.05) is 43.6 Å². The molecule has 0 aliphatic rings. The summed E-state index contributed by atoms with van der Waals surface area (Å²) in [4.78, 5) is 0. The van der Waals surface area contributed by atoms with Gasteiger partial charge in [0.25, 0.3) is 0 Å². The fourth-order valence-corrected chi connectivity index (χ4v) is 1.99. The Labute approximate surface area is 113 Å². The smallest absolute Gasteiger partial charge is 0.146 e. The van der Waals surface area contributed by atoms with Crippen molar-refractivity contribution in [2.75, 3.05) is 0 Å². The molecular formula is C16H17ClO. The van der Waals surface area contributed by atoms with Crippen LogP contribution in [0, 0.1) is 6.92 Å². The average Bonchev–Trinajstić information content (AvgIpc) is 2.31. The van der Waals surface area contributed by atoms with Crippen LogP contribution in [0.1, 0.15) is 30.9 Å². The van der Waals surface area contributed by atoms with Gasteiger partial charge in [0.1, 0.15) is 11.5 Å². The molecule has 0 spiro atoms. The fourth-order valence-electron chi connectivity index (χ4n) is 1.76. The highest BCUT2D eigenvalue weighted by atomic mass is 35.5. The molecule has 94 valence electrons. The monoisotopic (exact) mass is 260 g/mol. The van der Waals surface area contributed by atoms with Crippen LogP contribution in [0.5, 0.6) is 11.5 Å². The van der Waals surface area contributed by atoms with Crippen molar-refractivity contribution in [3.8, 4) is 11.5 Å². The SMILES string of the molecule is Cc1cccc(Oc2ccc(C(C)C)cc2Cl)c1. The molecule has 0 fully saturated rings. The van der Waals surface area contributed by atoms with Gasteiger partial charge in [0, 0.05) is 0 Å². The Bertz CT molecular complexity index is 547. The molecule has 0 aromatic heterocycles. The minimum absolute atomic E-state index is 0.468. The lowest BCUT2D eigenvalue weighted by Crippen LogP contribution is -1.90. The molecule has 0 radical (unpaired) electrons. The maximum absolute atomic E-state index is 6.24. The van der Waals surface area contributed by atoms with Crippen LogP contribution < -0.4 is 4.74 Å². The van der Waals surface area contributed by atoms with Crippen molar-refractivity contribution >= 4 is 11.6 Å². The van der Waals surface area contributed by atoms with Crippen LogP contribution in [-0.4, -0.2) is 0 Å². The molecular weight excluding hydrogens is 244 g/mol. The van der Waals surface area contributed by atoms with Gasteiger partial charge in [0.05, 0.1) is 5.02 Å². The summed E-state index contributed by atoms with van der Waals surface area (Å²) in [6.07, 6.45) is 0. The molecule has 0 N–H and O–H groups in total. The lowest BCUT2D eigenvalue weighted by molar-refractivity contribution is 0.482. The molecule has 2 heteroatoms. The molecule has 0 aliphatic carbocycles. The first kappa shape index (κ1) is 13.0. The van der Waals surface area contributed by atoms with Crippen LogP contribution in [0.2, 0.25) is 5.02 Å². The Hall–Kier alpha value is -1.47. The van der Waals surface area contributed by atoms with E-state index in [1.807, 2.05) is 43.3 Å². The highest BCUT2D eigenvalue weighted by Crippen LogP contribution is 2.32. The molecule has 1 nitrogen and oxygen atoms in total. The zero-order valence-corrected chi connectivity index (χ0v) is 11.7. The van der Waals surface area contributed by atoms with Gasteiger partial charge >= 0.3 is 0 Å². The van der Waals surface area contributed by atoms with E-state index in [1.54, 1.807) is 0 Å². The molecule has 0 saturated heterocycles. The van der Waals surface area contributed by atoms with E-state index in [0.717, 1.165) is 5.75 Å². The third-order valence-corrected chi connectivity index (χ3v) is 3.14. The molecule has 0 atom stereocenters. The number of aryl methyl sites for hydroxylation is 1. The average molecular weight is 261 g/mol. The minimum atomic E-state index is 0.468. The van der Waals surface area contributed by atoms with Crippen LogP contribution in [0.25, 0.3) is 0 Å². The Kier molecular flexibility index (Phi) is 3.93. The molecule has 0 heterocycles. The lowest BCUT2D eigenvalue weighted by Gasteiger charge is -2.11.